The van der Waals surface area contributed by atoms with Crippen molar-refractivity contribution in [1.82, 2.24) is 10.3 Å². The highest BCUT2D eigenvalue weighted by Gasteiger charge is 2.24. The predicted octanol–water partition coefficient (Wildman–Crippen LogP) is 2.39. The summed E-state index contributed by atoms with van der Waals surface area (Å²) in [6.07, 6.45) is 0. The number of thiazole rings is 1. The number of rotatable bonds is 7. The first-order valence-electron chi connectivity index (χ1n) is 6.71. The van der Waals surface area contributed by atoms with Gasteiger partial charge in [-0.3, -0.25) is 14.9 Å². The van der Waals surface area contributed by atoms with Crippen molar-refractivity contribution in [3.05, 3.63) is 44.4 Å². The van der Waals surface area contributed by atoms with Gasteiger partial charge in [0, 0.05) is 18.0 Å². The summed E-state index contributed by atoms with van der Waals surface area (Å²) in [7, 11) is 1.40. The standard InChI is InChI=1S/C14H15N3O5S/c1-3-15-14(18)10-4-12(21-2)13(5-11(10)17(19)20)22-6-9-7-23-8-16-9/h4-5,7-8H,3,6H2,1-2H3,(H,15,18). The van der Waals surface area contributed by atoms with E-state index < -0.39 is 10.8 Å². The van der Waals surface area contributed by atoms with Gasteiger partial charge in [-0.2, -0.15) is 0 Å². The van der Waals surface area contributed by atoms with Gasteiger partial charge in [-0.05, 0) is 6.92 Å². The highest BCUT2D eigenvalue weighted by atomic mass is 32.1. The van der Waals surface area contributed by atoms with Crippen LogP contribution in [0.4, 0.5) is 5.69 Å². The molecule has 0 spiro atoms. The third-order valence-electron chi connectivity index (χ3n) is 2.92. The van der Waals surface area contributed by atoms with Crippen molar-refractivity contribution in [1.29, 1.82) is 0 Å². The summed E-state index contributed by atoms with van der Waals surface area (Å²) >= 11 is 1.42. The third kappa shape index (κ3) is 3.95. The number of carbonyl (C=O) groups excluding carboxylic acids is 1. The van der Waals surface area contributed by atoms with Crippen molar-refractivity contribution in [2.75, 3.05) is 13.7 Å². The Bertz CT molecular complexity index is 703. The normalized spacial score (nSPS) is 10.2. The molecule has 0 radical (unpaired) electrons. The number of aromatic nitrogens is 1. The Labute approximate surface area is 136 Å². The van der Waals surface area contributed by atoms with Crippen molar-refractivity contribution in [2.45, 2.75) is 13.5 Å². The van der Waals surface area contributed by atoms with Gasteiger partial charge >= 0.3 is 0 Å². The van der Waals surface area contributed by atoms with E-state index in [4.69, 9.17) is 9.47 Å². The van der Waals surface area contributed by atoms with Crippen LogP contribution < -0.4 is 14.8 Å². The number of nitro benzene ring substituents is 1. The molecule has 0 unspecified atom stereocenters. The number of benzene rings is 1. The lowest BCUT2D eigenvalue weighted by molar-refractivity contribution is -0.385. The van der Waals surface area contributed by atoms with Crippen LogP contribution in [0.15, 0.2) is 23.0 Å². The van der Waals surface area contributed by atoms with E-state index in [9.17, 15) is 14.9 Å². The Hall–Kier alpha value is -2.68. The SMILES string of the molecule is CCNC(=O)c1cc(OC)c(OCc2cscn2)cc1[N+](=O)[O-]. The second kappa shape index (κ2) is 7.54. The van der Waals surface area contributed by atoms with Crippen LogP contribution >= 0.6 is 11.3 Å². The van der Waals surface area contributed by atoms with Crippen LogP contribution in [0.5, 0.6) is 11.5 Å². The molecule has 9 heteroatoms. The van der Waals surface area contributed by atoms with Gasteiger partial charge in [0.1, 0.15) is 12.2 Å². The summed E-state index contributed by atoms with van der Waals surface area (Å²) in [5.41, 5.74) is 1.95. The number of ether oxygens (including phenoxy) is 2. The van der Waals surface area contributed by atoms with E-state index in [2.05, 4.69) is 10.3 Å². The highest BCUT2D eigenvalue weighted by Crippen LogP contribution is 2.35. The van der Waals surface area contributed by atoms with Gasteiger partial charge < -0.3 is 14.8 Å². The molecule has 2 rings (SSSR count). The fraction of sp³-hybridized carbons (Fsp3) is 0.286. The van der Waals surface area contributed by atoms with E-state index in [-0.39, 0.29) is 29.4 Å². The van der Waals surface area contributed by atoms with E-state index in [0.717, 1.165) is 0 Å². The van der Waals surface area contributed by atoms with Gasteiger partial charge in [0.05, 0.1) is 29.3 Å². The molecule has 0 saturated heterocycles. The summed E-state index contributed by atoms with van der Waals surface area (Å²) < 4.78 is 10.7. The smallest absolute Gasteiger partial charge is 0.286 e. The maximum absolute atomic E-state index is 12.0. The summed E-state index contributed by atoms with van der Waals surface area (Å²) in [5.74, 6) is -0.115. The maximum atomic E-state index is 12.0. The summed E-state index contributed by atoms with van der Waals surface area (Å²) in [5, 5.41) is 15.6. The van der Waals surface area contributed by atoms with Crippen molar-refractivity contribution >= 4 is 22.9 Å². The Morgan fingerprint density at radius 1 is 1.43 bits per heavy atom. The molecule has 0 fully saturated rings. The van der Waals surface area contributed by atoms with Crippen LogP contribution in [0.3, 0.4) is 0 Å². The minimum atomic E-state index is -0.625. The van der Waals surface area contributed by atoms with Crippen molar-refractivity contribution in [3.8, 4) is 11.5 Å². The zero-order valence-electron chi connectivity index (χ0n) is 12.6. The molecule has 1 amide bonds. The second-order valence-electron chi connectivity index (χ2n) is 4.41. The molecule has 1 N–H and O–H groups in total. The van der Waals surface area contributed by atoms with Gasteiger partial charge in [0.15, 0.2) is 11.5 Å². The van der Waals surface area contributed by atoms with E-state index in [1.54, 1.807) is 12.4 Å². The fourth-order valence-corrected chi connectivity index (χ4v) is 2.41. The summed E-state index contributed by atoms with van der Waals surface area (Å²) in [4.78, 5) is 26.7. The molecule has 0 atom stereocenters. The topological polar surface area (TPSA) is 104 Å². The molecule has 8 nitrogen and oxygen atoms in total. The lowest BCUT2D eigenvalue weighted by Crippen LogP contribution is -2.23. The van der Waals surface area contributed by atoms with Crippen LogP contribution in [0.1, 0.15) is 23.0 Å². The molecule has 0 aliphatic heterocycles. The lowest BCUT2D eigenvalue weighted by atomic mass is 10.1. The molecule has 122 valence electrons. The molecule has 2 aromatic rings. The molecule has 0 aliphatic rings. The molecule has 0 bridgehead atoms. The number of amides is 1. The van der Waals surface area contributed by atoms with Crippen LogP contribution in [0, 0.1) is 10.1 Å². The largest absolute Gasteiger partial charge is 0.493 e. The van der Waals surface area contributed by atoms with Gasteiger partial charge in [0.2, 0.25) is 0 Å². The number of nitro groups is 1. The minimum Gasteiger partial charge on any atom is -0.493 e. The highest BCUT2D eigenvalue weighted by molar-refractivity contribution is 7.07. The van der Waals surface area contributed by atoms with Gasteiger partial charge in [0.25, 0.3) is 11.6 Å². The number of nitrogens with one attached hydrogen (secondary N) is 1. The Kier molecular flexibility index (Phi) is 5.47. The summed E-state index contributed by atoms with van der Waals surface area (Å²) in [6, 6.07) is 2.50. The minimum absolute atomic E-state index is 0.0743. The molecule has 1 aromatic carbocycles. The van der Waals surface area contributed by atoms with Crippen LogP contribution in [-0.4, -0.2) is 29.5 Å². The lowest BCUT2D eigenvalue weighted by Gasteiger charge is -2.12. The molecule has 23 heavy (non-hydrogen) atoms. The molecule has 0 saturated carbocycles. The van der Waals surface area contributed by atoms with Gasteiger partial charge in [-0.15, -0.1) is 11.3 Å². The van der Waals surface area contributed by atoms with Crippen molar-refractivity contribution in [3.63, 3.8) is 0 Å². The molecular weight excluding hydrogens is 322 g/mol. The van der Waals surface area contributed by atoms with Crippen LogP contribution in [-0.2, 0) is 6.61 Å². The van der Waals surface area contributed by atoms with Crippen molar-refractivity contribution < 1.29 is 19.2 Å². The first-order valence-corrected chi connectivity index (χ1v) is 7.65. The quantitative estimate of drug-likeness (QED) is 0.614. The van der Waals surface area contributed by atoms with E-state index in [1.165, 1.54) is 30.6 Å². The molecule has 0 aliphatic carbocycles. The number of carbonyl (C=O) groups is 1. The molecule has 1 aromatic heterocycles. The Balaban J connectivity index is 2.36. The predicted molar refractivity (Wildman–Crippen MR) is 84.1 cm³/mol. The van der Waals surface area contributed by atoms with E-state index >= 15 is 0 Å². The number of nitrogens with zero attached hydrogens (tertiary/aromatic N) is 2. The Morgan fingerprint density at radius 3 is 2.78 bits per heavy atom. The second-order valence-corrected chi connectivity index (χ2v) is 5.12. The first kappa shape index (κ1) is 16.7. The molecular formula is C14H15N3O5S. The van der Waals surface area contributed by atoms with Gasteiger partial charge in [-0.1, -0.05) is 0 Å². The number of methoxy groups -OCH3 is 1. The van der Waals surface area contributed by atoms with Crippen LogP contribution in [0.2, 0.25) is 0 Å². The zero-order chi connectivity index (χ0) is 16.8. The average molecular weight is 337 g/mol. The zero-order valence-corrected chi connectivity index (χ0v) is 13.4. The monoisotopic (exact) mass is 337 g/mol. The maximum Gasteiger partial charge on any atom is 0.286 e. The fourth-order valence-electron chi connectivity index (χ4n) is 1.87. The third-order valence-corrected chi connectivity index (χ3v) is 3.55. The first-order chi connectivity index (χ1) is 11.1. The van der Waals surface area contributed by atoms with Crippen molar-refractivity contribution in [2.24, 2.45) is 0 Å². The number of hydrogen-bond donors (Lipinski definition) is 1. The number of hydrogen-bond acceptors (Lipinski definition) is 7. The van der Waals surface area contributed by atoms with Crippen LogP contribution in [0.25, 0.3) is 0 Å². The van der Waals surface area contributed by atoms with E-state index in [0.29, 0.717) is 12.2 Å². The van der Waals surface area contributed by atoms with Gasteiger partial charge in [-0.25, -0.2) is 4.98 Å². The average Bonchev–Trinajstić information content (AvgIpc) is 3.05. The summed E-state index contributed by atoms with van der Waals surface area (Å²) in [6.45, 7) is 2.24. The van der Waals surface area contributed by atoms with E-state index in [1.807, 2.05) is 5.38 Å². The molecule has 1 heterocycles. The Morgan fingerprint density at radius 2 is 2.22 bits per heavy atom.